The molecule has 1 aromatic heterocycles. The van der Waals surface area contributed by atoms with Crippen LogP contribution >= 0.6 is 15.9 Å². The molecule has 90 valence electrons. The largest absolute Gasteiger partial charge is 0.473 e. The minimum absolute atomic E-state index is 0.273. The molecule has 4 nitrogen and oxygen atoms in total. The highest BCUT2D eigenvalue weighted by Gasteiger charge is 2.09. The van der Waals surface area contributed by atoms with E-state index in [0.29, 0.717) is 11.6 Å². The molecule has 18 heavy (non-hydrogen) atoms. The third-order valence-corrected chi connectivity index (χ3v) is 2.98. The maximum absolute atomic E-state index is 8.58. The maximum atomic E-state index is 8.58. The van der Waals surface area contributed by atoms with Gasteiger partial charge in [0.1, 0.15) is 12.4 Å². The second-order valence-electron chi connectivity index (χ2n) is 3.37. The number of nitrogens with zero attached hydrogens (tertiary/aromatic N) is 2. The smallest absolute Gasteiger partial charge is 0.292 e. The number of ether oxygens (including phenoxy) is 2. The zero-order chi connectivity index (χ0) is 12.8. The van der Waals surface area contributed by atoms with Crippen molar-refractivity contribution >= 4 is 15.9 Å². The number of rotatable bonds is 4. The topological polar surface area (TPSA) is 55.1 Å². The van der Waals surface area contributed by atoms with Gasteiger partial charge in [0.2, 0.25) is 5.88 Å². The van der Waals surface area contributed by atoms with E-state index in [4.69, 9.17) is 14.7 Å². The Morgan fingerprint density at radius 2 is 2.11 bits per heavy atom. The van der Waals surface area contributed by atoms with Crippen LogP contribution in [0.1, 0.15) is 5.56 Å². The number of nitriles is 1. The zero-order valence-corrected chi connectivity index (χ0v) is 10.9. The zero-order valence-electron chi connectivity index (χ0n) is 9.34. The Morgan fingerprint density at radius 1 is 1.22 bits per heavy atom. The Kier molecular flexibility index (Phi) is 4.15. The SMILES string of the molecule is N#COc1cccc(Br)c1COc1ccccn1. The molecule has 0 fully saturated rings. The van der Waals surface area contributed by atoms with Gasteiger partial charge in [-0.05, 0) is 18.2 Å². The van der Waals surface area contributed by atoms with Crippen LogP contribution in [0.4, 0.5) is 0 Å². The number of pyridine rings is 1. The number of aromatic nitrogens is 1. The predicted molar refractivity (Wildman–Crippen MR) is 69.0 cm³/mol. The standard InChI is InChI=1S/C13H9BrN2O2/c14-11-4-3-5-12(18-9-15)10(11)8-17-13-6-1-2-7-16-13/h1-7H,8H2. The Morgan fingerprint density at radius 3 is 2.83 bits per heavy atom. The molecule has 0 N–H and O–H groups in total. The summed E-state index contributed by atoms with van der Waals surface area (Å²) in [4.78, 5) is 4.06. The fourth-order valence-electron chi connectivity index (χ4n) is 1.40. The van der Waals surface area contributed by atoms with Crippen LogP contribution in [0.15, 0.2) is 47.1 Å². The molecule has 1 aromatic carbocycles. The van der Waals surface area contributed by atoms with Crippen LogP contribution in [-0.2, 0) is 6.61 Å². The van der Waals surface area contributed by atoms with Crippen molar-refractivity contribution in [3.8, 4) is 17.9 Å². The molecular weight excluding hydrogens is 296 g/mol. The van der Waals surface area contributed by atoms with Crippen LogP contribution in [0.25, 0.3) is 0 Å². The summed E-state index contributed by atoms with van der Waals surface area (Å²) in [6.45, 7) is 0.273. The highest BCUT2D eigenvalue weighted by atomic mass is 79.9. The van der Waals surface area contributed by atoms with Crippen molar-refractivity contribution in [2.75, 3.05) is 0 Å². The molecule has 2 aromatic rings. The molecule has 0 atom stereocenters. The first-order chi connectivity index (χ1) is 8.81. The van der Waals surface area contributed by atoms with Crippen LogP contribution in [0.5, 0.6) is 11.6 Å². The second kappa shape index (κ2) is 6.03. The molecule has 0 saturated carbocycles. The summed E-state index contributed by atoms with van der Waals surface area (Å²) in [6, 6.07) is 10.8. The minimum Gasteiger partial charge on any atom is -0.473 e. The molecule has 2 rings (SSSR count). The fourth-order valence-corrected chi connectivity index (χ4v) is 1.86. The first kappa shape index (κ1) is 12.4. The van der Waals surface area contributed by atoms with E-state index >= 15 is 0 Å². The van der Waals surface area contributed by atoms with Gasteiger partial charge >= 0.3 is 0 Å². The second-order valence-corrected chi connectivity index (χ2v) is 4.22. The van der Waals surface area contributed by atoms with E-state index in [0.717, 1.165) is 10.0 Å². The number of hydrogen-bond donors (Lipinski definition) is 0. The fraction of sp³-hybridized carbons (Fsp3) is 0.0769. The molecule has 0 aliphatic rings. The first-order valence-corrected chi connectivity index (χ1v) is 5.97. The number of benzene rings is 1. The minimum atomic E-state index is 0.273. The normalized spacial score (nSPS) is 9.56. The summed E-state index contributed by atoms with van der Waals surface area (Å²) < 4.78 is 11.2. The van der Waals surface area contributed by atoms with E-state index in [1.54, 1.807) is 30.7 Å². The predicted octanol–water partition coefficient (Wildman–Crippen LogP) is 3.28. The monoisotopic (exact) mass is 304 g/mol. The lowest BCUT2D eigenvalue weighted by atomic mass is 10.2. The van der Waals surface area contributed by atoms with Gasteiger partial charge in [0.15, 0.2) is 0 Å². The van der Waals surface area contributed by atoms with Crippen LogP contribution < -0.4 is 9.47 Å². The molecule has 5 heteroatoms. The van der Waals surface area contributed by atoms with Crippen molar-refractivity contribution in [3.05, 3.63) is 52.6 Å². The van der Waals surface area contributed by atoms with Gasteiger partial charge in [-0.2, -0.15) is 0 Å². The summed E-state index contributed by atoms with van der Waals surface area (Å²) in [5, 5.41) is 8.58. The first-order valence-electron chi connectivity index (χ1n) is 5.18. The van der Waals surface area contributed by atoms with Gasteiger partial charge in [0, 0.05) is 22.3 Å². The Bertz CT molecular complexity index is 567. The van der Waals surface area contributed by atoms with Gasteiger partial charge < -0.3 is 9.47 Å². The van der Waals surface area contributed by atoms with Gasteiger partial charge in [-0.1, -0.05) is 28.1 Å². The molecule has 0 amide bonds. The van der Waals surface area contributed by atoms with E-state index in [1.807, 2.05) is 18.2 Å². The van der Waals surface area contributed by atoms with Crippen molar-refractivity contribution in [2.45, 2.75) is 6.61 Å². The van der Waals surface area contributed by atoms with Gasteiger partial charge in [-0.3, -0.25) is 0 Å². The van der Waals surface area contributed by atoms with Gasteiger partial charge in [-0.25, -0.2) is 4.98 Å². The van der Waals surface area contributed by atoms with E-state index < -0.39 is 0 Å². The molecular formula is C13H9BrN2O2. The van der Waals surface area contributed by atoms with Crippen molar-refractivity contribution in [3.63, 3.8) is 0 Å². The van der Waals surface area contributed by atoms with Crippen molar-refractivity contribution in [1.29, 1.82) is 5.26 Å². The van der Waals surface area contributed by atoms with Crippen LogP contribution in [-0.4, -0.2) is 4.98 Å². The third-order valence-electron chi connectivity index (χ3n) is 2.23. The summed E-state index contributed by atoms with van der Waals surface area (Å²) in [5.41, 5.74) is 0.768. The van der Waals surface area contributed by atoms with E-state index in [1.165, 1.54) is 0 Å². The highest BCUT2D eigenvalue weighted by molar-refractivity contribution is 9.10. The molecule has 0 unspecified atom stereocenters. The molecule has 0 spiro atoms. The highest BCUT2D eigenvalue weighted by Crippen LogP contribution is 2.27. The Balaban J connectivity index is 2.16. The molecule has 1 heterocycles. The number of halogens is 1. The Hall–Kier alpha value is -2.06. The summed E-state index contributed by atoms with van der Waals surface area (Å²) in [7, 11) is 0. The van der Waals surface area contributed by atoms with E-state index in [9.17, 15) is 0 Å². The quantitative estimate of drug-likeness (QED) is 0.813. The van der Waals surface area contributed by atoms with E-state index in [2.05, 4.69) is 20.9 Å². The summed E-state index contributed by atoms with van der Waals surface area (Å²) in [5.74, 6) is 0.999. The van der Waals surface area contributed by atoms with Crippen molar-refractivity contribution < 1.29 is 9.47 Å². The van der Waals surface area contributed by atoms with Gasteiger partial charge in [0.05, 0.1) is 0 Å². The number of hydrogen-bond acceptors (Lipinski definition) is 4. The lowest BCUT2D eigenvalue weighted by Crippen LogP contribution is -2.00. The molecule has 0 aliphatic carbocycles. The third kappa shape index (κ3) is 2.99. The van der Waals surface area contributed by atoms with Gasteiger partial charge in [0.25, 0.3) is 6.26 Å². The van der Waals surface area contributed by atoms with Crippen molar-refractivity contribution in [1.82, 2.24) is 4.98 Å². The van der Waals surface area contributed by atoms with Crippen molar-refractivity contribution in [2.24, 2.45) is 0 Å². The van der Waals surface area contributed by atoms with E-state index in [-0.39, 0.29) is 6.61 Å². The molecule has 0 saturated heterocycles. The van der Waals surface area contributed by atoms with Gasteiger partial charge in [-0.15, -0.1) is 5.26 Å². The summed E-state index contributed by atoms with van der Waals surface area (Å²) >= 11 is 3.40. The van der Waals surface area contributed by atoms with Crippen LogP contribution in [0.2, 0.25) is 0 Å². The van der Waals surface area contributed by atoms with Crippen LogP contribution in [0, 0.1) is 11.5 Å². The lowest BCUT2D eigenvalue weighted by molar-refractivity contribution is 0.288. The maximum Gasteiger partial charge on any atom is 0.292 e. The molecule has 0 radical (unpaired) electrons. The lowest BCUT2D eigenvalue weighted by Gasteiger charge is -2.09. The Labute approximate surface area is 113 Å². The average Bonchev–Trinajstić information content (AvgIpc) is 2.40. The molecule has 0 bridgehead atoms. The van der Waals surface area contributed by atoms with Crippen LogP contribution in [0.3, 0.4) is 0 Å². The molecule has 0 aliphatic heterocycles. The average molecular weight is 305 g/mol. The summed E-state index contributed by atoms with van der Waals surface area (Å²) in [6.07, 6.45) is 3.31.